The van der Waals surface area contributed by atoms with Gasteiger partial charge in [0.15, 0.2) is 0 Å². The van der Waals surface area contributed by atoms with E-state index in [1.54, 1.807) is 50.2 Å². The number of rotatable bonds is 8. The number of hydrogen-bond donors (Lipinski definition) is 3. The number of aryl methyl sites for hydroxylation is 2. The van der Waals surface area contributed by atoms with E-state index in [0.717, 1.165) is 35.4 Å². The van der Waals surface area contributed by atoms with E-state index in [0.29, 0.717) is 22.5 Å². The van der Waals surface area contributed by atoms with Gasteiger partial charge in [0.2, 0.25) is 11.6 Å². The van der Waals surface area contributed by atoms with E-state index in [9.17, 15) is 48.5 Å². The van der Waals surface area contributed by atoms with Gasteiger partial charge in [0.05, 0.1) is 31.6 Å². The second-order valence-corrected chi connectivity index (χ2v) is 15.9. The molecule has 0 radical (unpaired) electrons. The first-order chi connectivity index (χ1) is 24.7. The predicted molar refractivity (Wildman–Crippen MR) is 193 cm³/mol. The topological polar surface area (TPSA) is 281 Å². The molecule has 0 saturated heterocycles. The number of nitrogens with two attached hydrogens (primary N) is 1. The summed E-state index contributed by atoms with van der Waals surface area (Å²) in [5.41, 5.74) is 12.5. The molecule has 16 nitrogen and oxygen atoms in total. The molecule has 4 N–H and O–H groups in total. The van der Waals surface area contributed by atoms with E-state index >= 15 is 0 Å². The van der Waals surface area contributed by atoms with Crippen LogP contribution in [0.1, 0.15) is 43.0 Å². The van der Waals surface area contributed by atoms with E-state index < -0.39 is 68.0 Å². The van der Waals surface area contributed by atoms with Crippen molar-refractivity contribution < 1.29 is 137 Å². The molecule has 0 fully saturated rings. The zero-order chi connectivity index (χ0) is 38.6. The standard InChI is InChI=1S/C34H27N5O11S3.3Na/c1-17-11-19(7-9-26(17)36-38-28-16-29(52(45,46)47)23-5-3-4-6-24(23)33(28)40)20-8-10-27(18(2)12-20)37-39-32-30(53(48,49)50)14-21-13-22(51(42,43)44)15-25(35)31(21)34(32)41;;;/h3-16,36-37H,35H2,1-2H3,(H,42,43,44)(H,45,46,47)(H,48,49,50);;;/q;3*+1/p-3/b38-28-,39-32+;;;. The van der Waals surface area contributed by atoms with Crippen molar-refractivity contribution in [2.45, 2.75) is 18.7 Å². The summed E-state index contributed by atoms with van der Waals surface area (Å²) in [7, 11) is -15.3. The summed E-state index contributed by atoms with van der Waals surface area (Å²) < 4.78 is 107. The average Bonchev–Trinajstić information content (AvgIpc) is 3.06. The second-order valence-electron chi connectivity index (χ2n) is 11.8. The first-order valence-electron chi connectivity index (χ1n) is 15.1. The molecule has 2 aliphatic carbocycles. The molecular formula is C34H24N5Na3O11S3. The Hall–Kier alpha value is -2.83. The summed E-state index contributed by atoms with van der Waals surface area (Å²) in [6.45, 7) is 3.45. The van der Waals surface area contributed by atoms with Gasteiger partial charge in [-0.15, -0.1) is 0 Å². The van der Waals surface area contributed by atoms with Crippen molar-refractivity contribution >= 4 is 81.4 Å². The molecule has 0 unspecified atom stereocenters. The van der Waals surface area contributed by atoms with Crippen molar-refractivity contribution in [2.75, 3.05) is 16.6 Å². The van der Waals surface area contributed by atoms with Crippen LogP contribution in [-0.2, 0) is 30.4 Å². The third-order valence-electron chi connectivity index (χ3n) is 8.27. The Balaban J connectivity index is 0.00000280. The van der Waals surface area contributed by atoms with E-state index in [4.69, 9.17) is 5.73 Å². The molecule has 0 aliphatic heterocycles. The number of fused-ring (bicyclic) bond motifs is 2. The van der Waals surface area contributed by atoms with Crippen LogP contribution in [0.15, 0.2) is 98.9 Å². The number of hydrazone groups is 2. The van der Waals surface area contributed by atoms with Gasteiger partial charge in [-0.25, -0.2) is 25.3 Å². The maximum atomic E-state index is 13.3. The summed E-state index contributed by atoms with van der Waals surface area (Å²) in [6.07, 6.45) is 1.66. The van der Waals surface area contributed by atoms with Gasteiger partial charge >= 0.3 is 88.7 Å². The molecule has 56 heavy (non-hydrogen) atoms. The summed E-state index contributed by atoms with van der Waals surface area (Å²) in [4.78, 5) is 23.9. The third-order valence-corrected chi connectivity index (χ3v) is 10.8. The number of nitrogens with zero attached hydrogens (tertiary/aromatic N) is 2. The van der Waals surface area contributed by atoms with Crippen LogP contribution >= 0.6 is 0 Å². The normalized spacial score (nSPS) is 15.3. The van der Waals surface area contributed by atoms with Crippen LogP contribution in [0, 0.1) is 13.8 Å². The number of benzene rings is 4. The van der Waals surface area contributed by atoms with Gasteiger partial charge in [-0.3, -0.25) is 20.4 Å². The molecule has 0 aromatic heterocycles. The molecule has 0 bridgehead atoms. The number of nitrogen functional groups attached to an aromatic ring is 1. The van der Waals surface area contributed by atoms with Crippen molar-refractivity contribution in [1.29, 1.82) is 0 Å². The summed E-state index contributed by atoms with van der Waals surface area (Å²) in [5.74, 6) is -1.66. The van der Waals surface area contributed by atoms with Crippen LogP contribution in [0.25, 0.3) is 22.1 Å². The summed E-state index contributed by atoms with van der Waals surface area (Å²) in [6, 6.07) is 17.6. The monoisotopic (exact) mass is 843 g/mol. The Bertz CT molecular complexity index is 2790. The number of hydrogen-bond acceptors (Lipinski definition) is 16. The molecule has 0 spiro atoms. The molecule has 0 heterocycles. The maximum Gasteiger partial charge on any atom is 1.00 e. The Morgan fingerprint density at radius 2 is 1.12 bits per heavy atom. The van der Waals surface area contributed by atoms with Crippen LogP contribution in [0.4, 0.5) is 17.1 Å². The fraction of sp³-hybridized carbons (Fsp3) is 0.0588. The molecule has 4 aromatic carbocycles. The van der Waals surface area contributed by atoms with Gasteiger partial charge in [-0.1, -0.05) is 36.4 Å². The predicted octanol–water partition coefficient (Wildman–Crippen LogP) is -5.43. The van der Waals surface area contributed by atoms with E-state index in [-0.39, 0.29) is 117 Å². The molecule has 2 aliphatic rings. The summed E-state index contributed by atoms with van der Waals surface area (Å²) >= 11 is 0. The Labute approximate surface area is 387 Å². The fourth-order valence-electron chi connectivity index (χ4n) is 5.68. The van der Waals surface area contributed by atoms with Crippen molar-refractivity contribution in [3.05, 3.63) is 117 Å². The smallest absolute Gasteiger partial charge is 0.744 e. The van der Waals surface area contributed by atoms with Crippen LogP contribution in [0.3, 0.4) is 0 Å². The number of Topliss-reactive ketones (excluding diaryl/α,β-unsaturated/α-hetero) is 2. The fourth-order valence-corrected chi connectivity index (χ4v) is 7.57. The van der Waals surface area contributed by atoms with Crippen LogP contribution in [0.2, 0.25) is 0 Å². The Morgan fingerprint density at radius 3 is 1.62 bits per heavy atom. The van der Waals surface area contributed by atoms with E-state index in [2.05, 4.69) is 21.1 Å². The second kappa shape index (κ2) is 18.0. The number of nitrogens with one attached hydrogen (secondary N) is 2. The molecule has 22 heteroatoms. The number of allylic oxidation sites excluding steroid dienone is 2. The minimum Gasteiger partial charge on any atom is -0.744 e. The van der Waals surface area contributed by atoms with Gasteiger partial charge in [0, 0.05) is 16.8 Å². The third kappa shape index (κ3) is 9.88. The largest absolute Gasteiger partial charge is 1.00 e. The maximum absolute atomic E-state index is 13.3. The molecule has 0 atom stereocenters. The van der Waals surface area contributed by atoms with E-state index in [1.165, 1.54) is 24.3 Å². The van der Waals surface area contributed by atoms with Crippen LogP contribution < -0.4 is 105 Å². The average molecular weight is 844 g/mol. The number of anilines is 3. The quantitative estimate of drug-likeness (QED) is 0.0647. The minimum absolute atomic E-state index is 0. The summed E-state index contributed by atoms with van der Waals surface area (Å²) in [5, 5.41) is 8.00. The van der Waals surface area contributed by atoms with Crippen molar-refractivity contribution in [2.24, 2.45) is 10.2 Å². The first kappa shape index (κ1) is 47.5. The SMILES string of the molecule is Cc1cc(-c2ccc(N/N=C3/C(=O)c4c(N)cc(S(=O)(=O)[O-])cc4C=C3S(=O)(=O)[O-])c(C)c2)ccc1N/N=C1/C=C(S(=O)(=O)[O-])c2ccccc2C1=O.[Na+].[Na+].[Na+]. The first-order valence-corrected chi connectivity index (χ1v) is 19.3. The van der Waals surface area contributed by atoms with Crippen LogP contribution in [0.5, 0.6) is 0 Å². The molecule has 0 amide bonds. The number of carbonyl (C=O) groups is 2. The number of ketones is 2. The van der Waals surface area contributed by atoms with Crippen LogP contribution in [-0.4, -0.2) is 61.9 Å². The minimum atomic E-state index is -5.33. The Kier molecular flexibility index (Phi) is 15.3. The molecule has 0 saturated carbocycles. The van der Waals surface area contributed by atoms with Crippen molar-refractivity contribution in [3.63, 3.8) is 0 Å². The van der Waals surface area contributed by atoms with Gasteiger partial charge in [-0.05, 0) is 90.2 Å². The van der Waals surface area contributed by atoms with E-state index in [1.807, 2.05) is 0 Å². The molecule has 6 rings (SSSR count). The van der Waals surface area contributed by atoms with Gasteiger partial charge in [0.1, 0.15) is 41.8 Å². The Morgan fingerprint density at radius 1 is 0.607 bits per heavy atom. The molecular weight excluding hydrogens is 820 g/mol. The molecule has 272 valence electrons. The zero-order valence-corrected chi connectivity index (χ0v) is 38.7. The zero-order valence-electron chi connectivity index (χ0n) is 30.3. The van der Waals surface area contributed by atoms with Crippen molar-refractivity contribution in [1.82, 2.24) is 0 Å². The van der Waals surface area contributed by atoms with Gasteiger partial charge < -0.3 is 19.4 Å². The number of carbonyl (C=O) groups excluding carboxylic acids is 2. The molecule has 4 aromatic rings. The van der Waals surface area contributed by atoms with Crippen molar-refractivity contribution in [3.8, 4) is 11.1 Å². The van der Waals surface area contributed by atoms with Gasteiger partial charge in [-0.2, -0.15) is 10.2 Å². The van der Waals surface area contributed by atoms with Gasteiger partial charge in [0.25, 0.3) is 0 Å².